The van der Waals surface area contributed by atoms with E-state index in [4.69, 9.17) is 10.5 Å². The molecule has 3 heteroatoms. The summed E-state index contributed by atoms with van der Waals surface area (Å²) in [6.07, 6.45) is 0. The van der Waals surface area contributed by atoms with Crippen molar-refractivity contribution in [1.29, 1.82) is 0 Å². The van der Waals surface area contributed by atoms with Gasteiger partial charge in [0, 0.05) is 13.2 Å². The van der Waals surface area contributed by atoms with E-state index in [1.54, 1.807) is 7.11 Å². The van der Waals surface area contributed by atoms with Gasteiger partial charge in [0.1, 0.15) is 0 Å². The predicted molar refractivity (Wildman–Crippen MR) is 47.6 cm³/mol. The van der Waals surface area contributed by atoms with E-state index >= 15 is 0 Å². The van der Waals surface area contributed by atoms with Crippen LogP contribution in [0.15, 0.2) is 18.2 Å². The van der Waals surface area contributed by atoms with Crippen LogP contribution >= 0.6 is 0 Å². The van der Waals surface area contributed by atoms with Gasteiger partial charge in [0.2, 0.25) is 0 Å². The molecule has 0 saturated carbocycles. The number of aromatic nitrogens is 1. The first-order chi connectivity index (χ1) is 5.74. The molecule has 1 unspecified atom stereocenters. The minimum absolute atomic E-state index is 0.0122. The van der Waals surface area contributed by atoms with Crippen molar-refractivity contribution in [1.82, 2.24) is 4.98 Å². The maximum atomic E-state index is 5.68. The van der Waals surface area contributed by atoms with E-state index in [1.165, 1.54) is 0 Å². The van der Waals surface area contributed by atoms with Gasteiger partial charge in [0.25, 0.3) is 0 Å². The van der Waals surface area contributed by atoms with Crippen LogP contribution in [0.25, 0.3) is 0 Å². The summed E-state index contributed by atoms with van der Waals surface area (Å²) in [4.78, 5) is 4.31. The fraction of sp³-hybridized carbons (Fsp3) is 0.444. The van der Waals surface area contributed by atoms with Gasteiger partial charge in [-0.3, -0.25) is 4.98 Å². The molecule has 0 spiro atoms. The summed E-state index contributed by atoms with van der Waals surface area (Å²) in [7, 11) is 1.65. The molecule has 1 aromatic heterocycles. The molecule has 0 fully saturated rings. The Balaban J connectivity index is 2.81. The van der Waals surface area contributed by atoms with Crippen molar-refractivity contribution in [3.63, 3.8) is 0 Å². The molecule has 0 aromatic carbocycles. The third-order valence-electron chi connectivity index (χ3n) is 1.59. The number of hydrogen-bond acceptors (Lipinski definition) is 3. The molecule has 1 heterocycles. The van der Waals surface area contributed by atoms with Gasteiger partial charge in [-0.25, -0.2) is 0 Å². The number of methoxy groups -OCH3 is 1. The van der Waals surface area contributed by atoms with E-state index in [9.17, 15) is 0 Å². The van der Waals surface area contributed by atoms with Gasteiger partial charge < -0.3 is 10.5 Å². The largest absolute Gasteiger partial charge is 0.378 e. The van der Waals surface area contributed by atoms with Crippen LogP contribution in [-0.4, -0.2) is 12.1 Å². The van der Waals surface area contributed by atoms with Gasteiger partial charge in [0.05, 0.1) is 18.0 Å². The summed E-state index contributed by atoms with van der Waals surface area (Å²) >= 11 is 0. The first-order valence-electron chi connectivity index (χ1n) is 3.94. The molecular formula is C9H14N2O. The monoisotopic (exact) mass is 166 g/mol. The van der Waals surface area contributed by atoms with E-state index in [0.29, 0.717) is 6.61 Å². The highest BCUT2D eigenvalue weighted by Crippen LogP contribution is 2.07. The van der Waals surface area contributed by atoms with Crippen molar-refractivity contribution in [3.8, 4) is 0 Å². The third kappa shape index (κ3) is 2.29. The summed E-state index contributed by atoms with van der Waals surface area (Å²) in [5, 5.41) is 0. The third-order valence-corrected chi connectivity index (χ3v) is 1.59. The average molecular weight is 166 g/mol. The number of ether oxygens (including phenoxy) is 1. The molecule has 0 saturated heterocycles. The zero-order chi connectivity index (χ0) is 8.97. The topological polar surface area (TPSA) is 48.1 Å². The highest BCUT2D eigenvalue weighted by Gasteiger charge is 2.01. The number of nitrogens with zero attached hydrogens (tertiary/aromatic N) is 1. The van der Waals surface area contributed by atoms with Crippen molar-refractivity contribution in [2.75, 3.05) is 7.11 Å². The van der Waals surface area contributed by atoms with Crippen molar-refractivity contribution < 1.29 is 4.74 Å². The lowest BCUT2D eigenvalue weighted by molar-refractivity contribution is 0.181. The molecule has 3 nitrogen and oxygen atoms in total. The molecule has 0 amide bonds. The maximum absolute atomic E-state index is 5.68. The van der Waals surface area contributed by atoms with Gasteiger partial charge in [-0.05, 0) is 19.1 Å². The smallest absolute Gasteiger partial charge is 0.0884 e. The van der Waals surface area contributed by atoms with Crippen molar-refractivity contribution in [3.05, 3.63) is 29.6 Å². The van der Waals surface area contributed by atoms with Crippen molar-refractivity contribution in [2.24, 2.45) is 5.73 Å². The summed E-state index contributed by atoms with van der Waals surface area (Å²) < 4.78 is 4.96. The molecule has 0 radical (unpaired) electrons. The van der Waals surface area contributed by atoms with Gasteiger partial charge in [-0.2, -0.15) is 0 Å². The van der Waals surface area contributed by atoms with Gasteiger partial charge in [-0.1, -0.05) is 6.07 Å². The molecule has 66 valence electrons. The molecule has 0 aliphatic rings. The maximum Gasteiger partial charge on any atom is 0.0884 e. The van der Waals surface area contributed by atoms with E-state index in [1.807, 2.05) is 25.1 Å². The summed E-state index contributed by atoms with van der Waals surface area (Å²) in [5.74, 6) is 0. The van der Waals surface area contributed by atoms with E-state index in [2.05, 4.69) is 4.98 Å². The molecule has 0 bridgehead atoms. The van der Waals surface area contributed by atoms with Crippen LogP contribution in [0.3, 0.4) is 0 Å². The second-order valence-electron chi connectivity index (χ2n) is 2.78. The lowest BCUT2D eigenvalue weighted by atomic mass is 10.2. The van der Waals surface area contributed by atoms with E-state index in [-0.39, 0.29) is 6.04 Å². The van der Waals surface area contributed by atoms with Gasteiger partial charge >= 0.3 is 0 Å². The minimum Gasteiger partial charge on any atom is -0.378 e. The quantitative estimate of drug-likeness (QED) is 0.735. The van der Waals surface area contributed by atoms with Crippen LogP contribution in [0.1, 0.15) is 24.4 Å². The molecule has 1 aromatic rings. The molecule has 1 rings (SSSR count). The van der Waals surface area contributed by atoms with Crippen LogP contribution in [0.5, 0.6) is 0 Å². The molecule has 0 aliphatic heterocycles. The van der Waals surface area contributed by atoms with E-state index in [0.717, 1.165) is 11.4 Å². The number of pyridine rings is 1. The Kier molecular flexibility index (Phi) is 3.19. The van der Waals surface area contributed by atoms with Crippen LogP contribution in [-0.2, 0) is 11.3 Å². The normalized spacial score (nSPS) is 12.9. The van der Waals surface area contributed by atoms with Crippen molar-refractivity contribution in [2.45, 2.75) is 19.6 Å². The first-order valence-corrected chi connectivity index (χ1v) is 3.94. The lowest BCUT2D eigenvalue weighted by Gasteiger charge is -2.05. The Labute approximate surface area is 72.6 Å². The van der Waals surface area contributed by atoms with Crippen molar-refractivity contribution >= 4 is 0 Å². The van der Waals surface area contributed by atoms with E-state index < -0.39 is 0 Å². The average Bonchev–Trinajstić information content (AvgIpc) is 2.05. The number of nitrogens with two attached hydrogens (primary N) is 1. The Hall–Kier alpha value is -0.930. The van der Waals surface area contributed by atoms with Crippen LogP contribution < -0.4 is 5.73 Å². The molecule has 0 aliphatic carbocycles. The number of hydrogen-bond donors (Lipinski definition) is 1. The fourth-order valence-corrected chi connectivity index (χ4v) is 0.980. The zero-order valence-electron chi connectivity index (χ0n) is 7.45. The minimum atomic E-state index is -0.0122. The Morgan fingerprint density at radius 2 is 2.33 bits per heavy atom. The zero-order valence-corrected chi connectivity index (χ0v) is 7.45. The highest BCUT2D eigenvalue weighted by atomic mass is 16.5. The summed E-state index contributed by atoms with van der Waals surface area (Å²) in [6.45, 7) is 2.46. The summed E-state index contributed by atoms with van der Waals surface area (Å²) in [6, 6.07) is 5.78. The predicted octanol–water partition coefficient (Wildman–Crippen LogP) is 1.25. The second-order valence-corrected chi connectivity index (χ2v) is 2.78. The van der Waals surface area contributed by atoms with Crippen LogP contribution in [0, 0.1) is 0 Å². The van der Waals surface area contributed by atoms with Gasteiger partial charge in [0.15, 0.2) is 0 Å². The number of rotatable bonds is 3. The molecule has 1 atom stereocenters. The first kappa shape index (κ1) is 9.16. The molecule has 12 heavy (non-hydrogen) atoms. The SMILES string of the molecule is COCc1cccc(C(C)N)n1. The Morgan fingerprint density at radius 1 is 1.58 bits per heavy atom. The Morgan fingerprint density at radius 3 is 2.92 bits per heavy atom. The fourth-order valence-electron chi connectivity index (χ4n) is 0.980. The van der Waals surface area contributed by atoms with Gasteiger partial charge in [-0.15, -0.1) is 0 Å². The lowest BCUT2D eigenvalue weighted by Crippen LogP contribution is -2.08. The molecule has 2 N–H and O–H groups in total. The Bertz CT molecular complexity index is 248. The summed E-state index contributed by atoms with van der Waals surface area (Å²) in [5.41, 5.74) is 7.51. The molecular weight excluding hydrogens is 152 g/mol. The van der Waals surface area contributed by atoms with Crippen LogP contribution in [0.4, 0.5) is 0 Å². The standard InChI is InChI=1S/C9H14N2O/c1-7(10)9-5-3-4-8(11-9)6-12-2/h3-5,7H,6,10H2,1-2H3. The van der Waals surface area contributed by atoms with Crippen LogP contribution in [0.2, 0.25) is 0 Å². The second kappa shape index (κ2) is 4.18. The highest BCUT2D eigenvalue weighted by molar-refractivity contribution is 5.12.